The number of aromatic nitrogens is 3. The van der Waals surface area contributed by atoms with Crippen LogP contribution in [-0.2, 0) is 4.79 Å². The Bertz CT molecular complexity index is 1050. The average molecular weight is 458 g/mol. The van der Waals surface area contributed by atoms with Gasteiger partial charge in [0.1, 0.15) is 11.6 Å². The second kappa shape index (κ2) is 9.26. The fourth-order valence-electron chi connectivity index (χ4n) is 2.38. The topological polar surface area (TPSA) is 95.1 Å². The van der Waals surface area contributed by atoms with Crippen LogP contribution in [0.15, 0.2) is 47.6 Å². The lowest BCUT2D eigenvalue weighted by molar-refractivity contribution is -0.115. The number of nitrogen functional groups attached to an aromatic ring is 1. The highest BCUT2D eigenvalue weighted by Crippen LogP contribution is 2.27. The van der Waals surface area contributed by atoms with E-state index in [4.69, 9.17) is 17.4 Å². The van der Waals surface area contributed by atoms with Gasteiger partial charge in [-0.1, -0.05) is 23.4 Å². The van der Waals surface area contributed by atoms with Crippen molar-refractivity contribution in [1.29, 1.82) is 0 Å². The molecule has 30 heavy (non-hydrogen) atoms. The largest absolute Gasteiger partial charge is 0.435 e. The number of carbonyl (C=O) groups excluding carboxylic acids is 1. The van der Waals surface area contributed by atoms with Gasteiger partial charge in [0, 0.05) is 10.6 Å². The van der Waals surface area contributed by atoms with Gasteiger partial charge >= 0.3 is 6.61 Å². The molecule has 158 valence electrons. The molecule has 1 unspecified atom stereocenters. The molecule has 1 amide bonds. The minimum Gasteiger partial charge on any atom is -0.435 e. The predicted molar refractivity (Wildman–Crippen MR) is 108 cm³/mol. The van der Waals surface area contributed by atoms with Crippen molar-refractivity contribution in [3.63, 3.8) is 0 Å². The molecule has 2 aromatic carbocycles. The molecule has 1 atom stereocenters. The first-order valence-corrected chi connectivity index (χ1v) is 9.68. The molecule has 7 nitrogen and oxygen atoms in total. The third-order valence-corrected chi connectivity index (χ3v) is 5.13. The number of alkyl halides is 2. The number of amides is 1. The van der Waals surface area contributed by atoms with E-state index in [2.05, 4.69) is 20.3 Å². The molecule has 0 aliphatic rings. The third-order valence-electron chi connectivity index (χ3n) is 3.84. The highest BCUT2D eigenvalue weighted by Gasteiger charge is 2.21. The van der Waals surface area contributed by atoms with E-state index in [0.29, 0.717) is 5.56 Å². The fourth-order valence-corrected chi connectivity index (χ4v) is 3.31. The molecule has 0 spiro atoms. The molecule has 0 bridgehead atoms. The Morgan fingerprint density at radius 1 is 1.23 bits per heavy atom. The highest BCUT2D eigenvalue weighted by molar-refractivity contribution is 8.00. The summed E-state index contributed by atoms with van der Waals surface area (Å²) >= 11 is 6.71. The standard InChI is InChI=1S/C18H15ClF3N5O2S/c1-9(16(28)24-14-7-4-11(19)8-13(14)20)30-18-26-25-15(27(18)23)10-2-5-12(6-3-10)29-17(21)22/h2-9,17H,23H2,1H3,(H,24,28). The van der Waals surface area contributed by atoms with Crippen LogP contribution in [0, 0.1) is 5.82 Å². The lowest BCUT2D eigenvalue weighted by Crippen LogP contribution is -2.24. The first kappa shape index (κ1) is 21.8. The van der Waals surface area contributed by atoms with Crippen LogP contribution in [0.2, 0.25) is 5.02 Å². The van der Waals surface area contributed by atoms with E-state index in [0.717, 1.165) is 17.8 Å². The number of rotatable bonds is 7. The van der Waals surface area contributed by atoms with Crippen LogP contribution in [0.4, 0.5) is 18.9 Å². The number of nitrogens with two attached hydrogens (primary N) is 1. The molecule has 0 fully saturated rings. The third kappa shape index (κ3) is 5.16. The summed E-state index contributed by atoms with van der Waals surface area (Å²) in [6, 6.07) is 9.60. The summed E-state index contributed by atoms with van der Waals surface area (Å²) in [5, 5.41) is 10.2. The maximum Gasteiger partial charge on any atom is 0.387 e. The molecule has 3 aromatic rings. The number of hydrogen-bond acceptors (Lipinski definition) is 6. The average Bonchev–Trinajstić information content (AvgIpc) is 3.04. The van der Waals surface area contributed by atoms with E-state index >= 15 is 0 Å². The van der Waals surface area contributed by atoms with Crippen molar-refractivity contribution in [1.82, 2.24) is 14.9 Å². The van der Waals surface area contributed by atoms with Crippen molar-refractivity contribution in [2.24, 2.45) is 0 Å². The van der Waals surface area contributed by atoms with Crippen molar-refractivity contribution >= 4 is 35.0 Å². The molecule has 3 N–H and O–H groups in total. The minimum absolute atomic E-state index is 0.00198. The molecule has 0 aliphatic heterocycles. The molecular weight excluding hydrogens is 443 g/mol. The van der Waals surface area contributed by atoms with E-state index in [1.807, 2.05) is 0 Å². The number of ether oxygens (including phenoxy) is 1. The van der Waals surface area contributed by atoms with Crippen LogP contribution in [0.5, 0.6) is 5.75 Å². The monoisotopic (exact) mass is 457 g/mol. The van der Waals surface area contributed by atoms with Gasteiger partial charge in [-0.2, -0.15) is 8.78 Å². The number of benzene rings is 2. The normalized spacial score (nSPS) is 12.1. The van der Waals surface area contributed by atoms with Gasteiger partial charge in [-0.3, -0.25) is 4.79 Å². The number of nitrogens with zero attached hydrogens (tertiary/aromatic N) is 3. The van der Waals surface area contributed by atoms with Crippen LogP contribution in [0.25, 0.3) is 11.4 Å². The van der Waals surface area contributed by atoms with E-state index in [1.54, 1.807) is 6.92 Å². The lowest BCUT2D eigenvalue weighted by atomic mass is 10.2. The summed E-state index contributed by atoms with van der Waals surface area (Å²) in [5.74, 6) is 5.13. The van der Waals surface area contributed by atoms with Crippen molar-refractivity contribution < 1.29 is 22.7 Å². The zero-order chi connectivity index (χ0) is 21.8. The SMILES string of the molecule is CC(Sc1nnc(-c2ccc(OC(F)F)cc2)n1N)C(=O)Nc1ccc(Cl)cc1F. The van der Waals surface area contributed by atoms with E-state index in [-0.39, 0.29) is 27.4 Å². The van der Waals surface area contributed by atoms with Crippen molar-refractivity contribution in [3.05, 3.63) is 53.3 Å². The van der Waals surface area contributed by atoms with Crippen LogP contribution < -0.4 is 15.9 Å². The first-order chi connectivity index (χ1) is 14.2. The summed E-state index contributed by atoms with van der Waals surface area (Å²) in [4.78, 5) is 12.4. The van der Waals surface area contributed by atoms with Crippen LogP contribution in [0.1, 0.15) is 6.92 Å². The van der Waals surface area contributed by atoms with Crippen LogP contribution >= 0.6 is 23.4 Å². The second-order valence-corrected chi connectivity index (χ2v) is 7.70. The van der Waals surface area contributed by atoms with E-state index in [9.17, 15) is 18.0 Å². The second-order valence-electron chi connectivity index (χ2n) is 5.95. The fraction of sp³-hybridized carbons (Fsp3) is 0.167. The summed E-state index contributed by atoms with van der Waals surface area (Å²) in [6.45, 7) is -1.33. The van der Waals surface area contributed by atoms with Gasteiger partial charge in [0.05, 0.1) is 10.9 Å². The number of hydrogen-bond donors (Lipinski definition) is 2. The van der Waals surface area contributed by atoms with Gasteiger partial charge in [0.15, 0.2) is 5.82 Å². The molecular formula is C18H15ClF3N5O2S. The van der Waals surface area contributed by atoms with Gasteiger partial charge in [-0.15, -0.1) is 10.2 Å². The van der Waals surface area contributed by atoms with E-state index in [1.165, 1.54) is 41.1 Å². The first-order valence-electron chi connectivity index (χ1n) is 8.43. The van der Waals surface area contributed by atoms with Gasteiger partial charge in [-0.05, 0) is 49.4 Å². The van der Waals surface area contributed by atoms with Gasteiger partial charge in [-0.25, -0.2) is 9.07 Å². The Morgan fingerprint density at radius 2 is 1.93 bits per heavy atom. The lowest BCUT2D eigenvalue weighted by Gasteiger charge is -2.12. The van der Waals surface area contributed by atoms with Crippen LogP contribution in [0.3, 0.4) is 0 Å². The van der Waals surface area contributed by atoms with E-state index < -0.39 is 23.6 Å². The number of carbonyl (C=O) groups is 1. The van der Waals surface area contributed by atoms with Crippen molar-refractivity contribution in [2.45, 2.75) is 23.9 Å². The van der Waals surface area contributed by atoms with Gasteiger partial charge in [0.2, 0.25) is 11.1 Å². The zero-order valence-electron chi connectivity index (χ0n) is 15.4. The smallest absolute Gasteiger partial charge is 0.387 e. The Hall–Kier alpha value is -2.92. The summed E-state index contributed by atoms with van der Waals surface area (Å²) in [7, 11) is 0. The number of thioether (sulfide) groups is 1. The molecule has 0 saturated heterocycles. The van der Waals surface area contributed by atoms with Gasteiger partial charge in [0.25, 0.3) is 0 Å². The predicted octanol–water partition coefficient (Wildman–Crippen LogP) is 4.17. The maximum absolute atomic E-state index is 13.9. The quantitative estimate of drug-likeness (QED) is 0.408. The van der Waals surface area contributed by atoms with Crippen LogP contribution in [-0.4, -0.2) is 32.6 Å². The zero-order valence-corrected chi connectivity index (χ0v) is 16.9. The highest BCUT2D eigenvalue weighted by atomic mass is 35.5. The van der Waals surface area contributed by atoms with Crippen molar-refractivity contribution in [2.75, 3.05) is 11.2 Å². The summed E-state index contributed by atoms with van der Waals surface area (Å²) < 4.78 is 43.8. The van der Waals surface area contributed by atoms with Crippen molar-refractivity contribution in [3.8, 4) is 17.1 Å². The number of halogens is 4. The summed E-state index contributed by atoms with van der Waals surface area (Å²) in [5.41, 5.74) is 0.511. The molecule has 1 heterocycles. The Kier molecular flexibility index (Phi) is 6.73. The molecule has 0 radical (unpaired) electrons. The molecule has 3 rings (SSSR count). The number of anilines is 1. The minimum atomic E-state index is -2.93. The Morgan fingerprint density at radius 3 is 2.57 bits per heavy atom. The Labute approximate surface area is 178 Å². The Balaban J connectivity index is 1.68. The molecule has 0 saturated carbocycles. The summed E-state index contributed by atoms with van der Waals surface area (Å²) in [6.07, 6.45) is 0. The molecule has 1 aromatic heterocycles. The van der Waals surface area contributed by atoms with Gasteiger partial charge < -0.3 is 15.9 Å². The number of nitrogens with one attached hydrogen (secondary N) is 1. The molecule has 12 heteroatoms. The maximum atomic E-state index is 13.9. The molecule has 0 aliphatic carbocycles.